The minimum atomic E-state index is 0.778. The van der Waals surface area contributed by atoms with Gasteiger partial charge in [-0.3, -0.25) is 0 Å². The number of nitrogens with zero attached hydrogens (tertiary/aromatic N) is 1. The molecule has 1 atom stereocenters. The third-order valence-corrected chi connectivity index (χ3v) is 3.44. The molecule has 1 saturated heterocycles. The highest BCUT2D eigenvalue weighted by molar-refractivity contribution is 5.67. The van der Waals surface area contributed by atoms with Gasteiger partial charge in [-0.15, -0.1) is 0 Å². The Labute approximate surface area is 92.1 Å². The van der Waals surface area contributed by atoms with Crippen molar-refractivity contribution in [2.24, 2.45) is 11.8 Å². The summed E-state index contributed by atoms with van der Waals surface area (Å²) in [6.45, 7) is 6.92. The van der Waals surface area contributed by atoms with E-state index in [0.29, 0.717) is 0 Å². The van der Waals surface area contributed by atoms with Crippen LogP contribution in [-0.2, 0) is 0 Å². The number of nitrogen functional groups attached to an aromatic ring is 1. The first-order chi connectivity index (χ1) is 7.18. The zero-order valence-corrected chi connectivity index (χ0v) is 9.61. The van der Waals surface area contributed by atoms with E-state index >= 15 is 0 Å². The zero-order chi connectivity index (χ0) is 10.8. The van der Waals surface area contributed by atoms with E-state index in [2.05, 4.69) is 30.9 Å². The van der Waals surface area contributed by atoms with Gasteiger partial charge in [-0.2, -0.15) is 0 Å². The Bertz CT molecular complexity index is 333. The van der Waals surface area contributed by atoms with Crippen molar-refractivity contribution in [1.82, 2.24) is 0 Å². The van der Waals surface area contributed by atoms with Crippen molar-refractivity contribution in [2.75, 3.05) is 23.7 Å². The van der Waals surface area contributed by atoms with Crippen LogP contribution in [0.2, 0.25) is 0 Å². The van der Waals surface area contributed by atoms with Gasteiger partial charge in [0.15, 0.2) is 0 Å². The predicted molar refractivity (Wildman–Crippen MR) is 66.0 cm³/mol. The van der Waals surface area contributed by atoms with Crippen molar-refractivity contribution < 1.29 is 0 Å². The minimum Gasteiger partial charge on any atom is -0.397 e. The van der Waals surface area contributed by atoms with E-state index in [1.807, 2.05) is 12.1 Å². The van der Waals surface area contributed by atoms with Crippen LogP contribution in [-0.4, -0.2) is 13.1 Å². The van der Waals surface area contributed by atoms with Crippen LogP contribution < -0.4 is 10.6 Å². The highest BCUT2D eigenvalue weighted by atomic mass is 15.2. The van der Waals surface area contributed by atoms with Gasteiger partial charge >= 0.3 is 0 Å². The second-order valence-electron chi connectivity index (χ2n) is 4.80. The van der Waals surface area contributed by atoms with Gasteiger partial charge in [0.25, 0.3) is 0 Å². The Morgan fingerprint density at radius 1 is 1.33 bits per heavy atom. The first-order valence-electron chi connectivity index (χ1n) is 5.78. The van der Waals surface area contributed by atoms with E-state index in [1.165, 1.54) is 12.1 Å². The van der Waals surface area contributed by atoms with Crippen LogP contribution in [0.1, 0.15) is 20.3 Å². The van der Waals surface area contributed by atoms with Crippen molar-refractivity contribution in [3.63, 3.8) is 0 Å². The van der Waals surface area contributed by atoms with Gasteiger partial charge in [0.2, 0.25) is 0 Å². The number of para-hydroxylation sites is 2. The Morgan fingerprint density at radius 3 is 2.67 bits per heavy atom. The van der Waals surface area contributed by atoms with Crippen LogP contribution in [0, 0.1) is 11.8 Å². The molecule has 0 aliphatic carbocycles. The Hall–Kier alpha value is -1.18. The summed E-state index contributed by atoms with van der Waals surface area (Å²) in [6.07, 6.45) is 1.30. The highest BCUT2D eigenvalue weighted by Crippen LogP contribution is 2.31. The summed E-state index contributed by atoms with van der Waals surface area (Å²) < 4.78 is 0. The third-order valence-electron chi connectivity index (χ3n) is 3.44. The first kappa shape index (κ1) is 10.3. The molecule has 1 unspecified atom stereocenters. The summed E-state index contributed by atoms with van der Waals surface area (Å²) in [6, 6.07) is 8.17. The standard InChI is InChI=1S/C13H20N2/c1-10(2)11-7-8-15(9-11)13-6-4-3-5-12(13)14/h3-6,10-11H,7-9,14H2,1-2H3. The number of rotatable bonds is 2. The molecule has 0 aromatic heterocycles. The second kappa shape index (κ2) is 4.13. The molecular weight excluding hydrogens is 184 g/mol. The molecule has 2 nitrogen and oxygen atoms in total. The third kappa shape index (κ3) is 2.09. The van der Waals surface area contributed by atoms with E-state index in [-0.39, 0.29) is 0 Å². The molecule has 1 aromatic rings. The smallest absolute Gasteiger partial charge is 0.0600 e. The minimum absolute atomic E-state index is 0.778. The number of hydrogen-bond donors (Lipinski definition) is 1. The van der Waals surface area contributed by atoms with Crippen LogP contribution in [0.15, 0.2) is 24.3 Å². The summed E-state index contributed by atoms with van der Waals surface area (Å²) in [5.74, 6) is 1.60. The summed E-state index contributed by atoms with van der Waals surface area (Å²) >= 11 is 0. The SMILES string of the molecule is CC(C)C1CCN(c2ccccc2N)C1. The summed E-state index contributed by atoms with van der Waals surface area (Å²) in [4.78, 5) is 2.42. The average molecular weight is 204 g/mol. The molecule has 0 radical (unpaired) electrons. The lowest BCUT2D eigenvalue weighted by Gasteiger charge is -2.21. The normalized spacial score (nSPS) is 21.3. The van der Waals surface area contributed by atoms with Crippen LogP contribution in [0.4, 0.5) is 11.4 Å². The predicted octanol–water partition coefficient (Wildman–Crippen LogP) is 2.75. The summed E-state index contributed by atoms with van der Waals surface area (Å²) in [5.41, 5.74) is 8.09. The lowest BCUT2D eigenvalue weighted by molar-refractivity contribution is 0.423. The van der Waals surface area contributed by atoms with Crippen molar-refractivity contribution in [2.45, 2.75) is 20.3 Å². The monoisotopic (exact) mass is 204 g/mol. The maximum atomic E-state index is 5.98. The largest absolute Gasteiger partial charge is 0.397 e. The summed E-state index contributed by atoms with van der Waals surface area (Å²) in [7, 11) is 0. The van der Waals surface area contributed by atoms with Crippen molar-refractivity contribution >= 4 is 11.4 Å². The van der Waals surface area contributed by atoms with E-state index in [4.69, 9.17) is 5.73 Å². The molecule has 0 saturated carbocycles. The molecule has 0 amide bonds. The molecule has 1 heterocycles. The maximum Gasteiger partial charge on any atom is 0.0600 e. The highest BCUT2D eigenvalue weighted by Gasteiger charge is 2.25. The Kier molecular flexibility index (Phi) is 2.85. The van der Waals surface area contributed by atoms with E-state index in [0.717, 1.165) is 30.6 Å². The number of nitrogens with two attached hydrogens (primary N) is 1. The van der Waals surface area contributed by atoms with Gasteiger partial charge in [-0.05, 0) is 30.4 Å². The Balaban J connectivity index is 2.11. The van der Waals surface area contributed by atoms with E-state index < -0.39 is 0 Å². The molecule has 1 aromatic carbocycles. The van der Waals surface area contributed by atoms with Gasteiger partial charge < -0.3 is 10.6 Å². The van der Waals surface area contributed by atoms with Crippen molar-refractivity contribution in [1.29, 1.82) is 0 Å². The number of anilines is 2. The molecule has 82 valence electrons. The molecule has 2 N–H and O–H groups in total. The second-order valence-corrected chi connectivity index (χ2v) is 4.80. The fourth-order valence-electron chi connectivity index (χ4n) is 2.33. The summed E-state index contributed by atoms with van der Waals surface area (Å²) in [5, 5.41) is 0. The van der Waals surface area contributed by atoms with Gasteiger partial charge in [0.05, 0.1) is 11.4 Å². The van der Waals surface area contributed by atoms with Crippen LogP contribution in [0.25, 0.3) is 0 Å². The van der Waals surface area contributed by atoms with Crippen LogP contribution in [0.5, 0.6) is 0 Å². The molecule has 1 fully saturated rings. The van der Waals surface area contributed by atoms with Gasteiger partial charge in [-0.25, -0.2) is 0 Å². The fourth-order valence-corrected chi connectivity index (χ4v) is 2.33. The van der Waals surface area contributed by atoms with E-state index in [1.54, 1.807) is 0 Å². The van der Waals surface area contributed by atoms with E-state index in [9.17, 15) is 0 Å². The number of hydrogen-bond acceptors (Lipinski definition) is 2. The number of benzene rings is 1. The Morgan fingerprint density at radius 2 is 2.07 bits per heavy atom. The topological polar surface area (TPSA) is 29.3 Å². The molecule has 0 bridgehead atoms. The lowest BCUT2D eigenvalue weighted by Crippen LogP contribution is -2.22. The zero-order valence-electron chi connectivity index (χ0n) is 9.61. The van der Waals surface area contributed by atoms with Crippen LogP contribution >= 0.6 is 0 Å². The molecule has 2 heteroatoms. The van der Waals surface area contributed by atoms with Gasteiger partial charge in [0, 0.05) is 13.1 Å². The molecular formula is C13H20N2. The molecule has 0 spiro atoms. The fraction of sp³-hybridized carbons (Fsp3) is 0.538. The quantitative estimate of drug-likeness (QED) is 0.751. The average Bonchev–Trinajstić information content (AvgIpc) is 2.67. The molecule has 1 aliphatic heterocycles. The lowest BCUT2D eigenvalue weighted by atomic mass is 9.95. The van der Waals surface area contributed by atoms with Crippen LogP contribution in [0.3, 0.4) is 0 Å². The first-order valence-corrected chi connectivity index (χ1v) is 5.78. The van der Waals surface area contributed by atoms with Gasteiger partial charge in [-0.1, -0.05) is 26.0 Å². The molecule has 1 aliphatic rings. The molecule has 2 rings (SSSR count). The maximum absolute atomic E-state index is 5.98. The van der Waals surface area contributed by atoms with Gasteiger partial charge in [0.1, 0.15) is 0 Å². The molecule has 15 heavy (non-hydrogen) atoms. The van der Waals surface area contributed by atoms with Crippen molar-refractivity contribution in [3.8, 4) is 0 Å². The van der Waals surface area contributed by atoms with Crippen molar-refractivity contribution in [3.05, 3.63) is 24.3 Å².